The second-order valence-electron chi connectivity index (χ2n) is 8.99. The number of H-pyrrole nitrogens is 1. The normalized spacial score (nSPS) is 11.5. The minimum absolute atomic E-state index is 0.000440. The summed E-state index contributed by atoms with van der Waals surface area (Å²) < 4.78 is 41.7. The van der Waals surface area contributed by atoms with Crippen LogP contribution in [0.15, 0.2) is 60.8 Å². The van der Waals surface area contributed by atoms with E-state index in [2.05, 4.69) is 30.9 Å². The van der Waals surface area contributed by atoms with Crippen LogP contribution in [0.5, 0.6) is 0 Å². The Kier molecular flexibility index (Phi) is 7.67. The molecule has 3 heterocycles. The minimum Gasteiger partial charge on any atom is -0.366 e. The average molecular weight is 617 g/mol. The van der Waals surface area contributed by atoms with Gasteiger partial charge in [0.05, 0.1) is 27.4 Å². The SMILES string of the molecule is Cc1cc(Cl)cc(C(N)=O)c1NC(=O)c1cc(C[n+]2[nH]nnc2-c2ccc(C(F)(F)F)cc2)nn1-c1ncccc1Cl. The fraction of sp³-hybridized carbons (Fsp3) is 0.115. The van der Waals surface area contributed by atoms with Gasteiger partial charge in [-0.1, -0.05) is 28.4 Å². The number of pyridine rings is 1. The molecule has 0 aliphatic carbocycles. The van der Waals surface area contributed by atoms with Crippen LogP contribution in [0.3, 0.4) is 0 Å². The Balaban J connectivity index is 1.52. The zero-order chi connectivity index (χ0) is 30.2. The largest absolute Gasteiger partial charge is 0.416 e. The van der Waals surface area contributed by atoms with Crippen molar-refractivity contribution in [1.82, 2.24) is 30.3 Å². The number of amides is 2. The molecular weight excluding hydrogens is 598 g/mol. The molecule has 0 saturated carbocycles. The van der Waals surface area contributed by atoms with Crippen LogP contribution < -0.4 is 15.7 Å². The van der Waals surface area contributed by atoms with Crippen molar-refractivity contribution in [1.29, 1.82) is 0 Å². The zero-order valence-electron chi connectivity index (χ0n) is 21.4. The first-order chi connectivity index (χ1) is 19.9. The number of nitrogens with zero attached hydrogens (tertiary/aromatic N) is 6. The second kappa shape index (κ2) is 11.2. The molecule has 0 atom stereocenters. The van der Waals surface area contributed by atoms with Crippen molar-refractivity contribution in [3.63, 3.8) is 0 Å². The molecular formula is C26H19Cl2F3N9O2+. The van der Waals surface area contributed by atoms with E-state index in [4.69, 9.17) is 28.9 Å². The molecule has 3 aromatic heterocycles. The van der Waals surface area contributed by atoms with Gasteiger partial charge in [-0.2, -0.15) is 23.0 Å². The number of nitrogens with two attached hydrogens (primary N) is 1. The number of anilines is 1. The number of rotatable bonds is 7. The van der Waals surface area contributed by atoms with Crippen molar-refractivity contribution in [2.75, 3.05) is 5.32 Å². The number of hydrogen-bond donors (Lipinski definition) is 3. The first-order valence-corrected chi connectivity index (χ1v) is 12.8. The lowest BCUT2D eigenvalue weighted by atomic mass is 10.1. The Bertz CT molecular complexity index is 1820. The summed E-state index contributed by atoms with van der Waals surface area (Å²) in [4.78, 5) is 29.9. The first kappa shape index (κ1) is 28.7. The molecule has 42 heavy (non-hydrogen) atoms. The summed E-state index contributed by atoms with van der Waals surface area (Å²) in [6.45, 7) is 1.63. The molecule has 0 aliphatic heterocycles. The molecule has 0 spiro atoms. The maximum Gasteiger partial charge on any atom is 0.416 e. The molecule has 11 nitrogen and oxygen atoms in total. The Morgan fingerprint density at radius 3 is 2.52 bits per heavy atom. The number of aryl methyl sites for hydroxylation is 1. The molecule has 0 saturated heterocycles. The third-order valence-corrected chi connectivity index (χ3v) is 6.61. The van der Waals surface area contributed by atoms with E-state index in [0.29, 0.717) is 16.8 Å². The molecule has 2 aromatic carbocycles. The first-order valence-electron chi connectivity index (χ1n) is 12.0. The number of tetrazole rings is 1. The Morgan fingerprint density at radius 2 is 1.86 bits per heavy atom. The lowest BCUT2D eigenvalue weighted by Crippen LogP contribution is -2.38. The summed E-state index contributed by atoms with van der Waals surface area (Å²) in [5.74, 6) is -1.09. The highest BCUT2D eigenvalue weighted by Crippen LogP contribution is 2.30. The van der Waals surface area contributed by atoms with Crippen LogP contribution in [0.25, 0.3) is 17.2 Å². The van der Waals surface area contributed by atoms with Crippen molar-refractivity contribution >= 4 is 40.7 Å². The standard InChI is InChI=1S/C26H18Cl2F3N9O2/c1-13-9-16(27)10-18(22(32)41)21(13)34-25(42)20-11-17(36-40(20)24-19(28)3-2-8-33-24)12-39-23(35-37-38-39)14-4-6-15(7-5-14)26(29,30)31/h2-11H,12H2,1H3,(H3,32,34,41,42)/p+1. The van der Waals surface area contributed by atoms with E-state index in [-0.39, 0.29) is 45.2 Å². The Hall–Kier alpha value is -4.82. The molecule has 5 rings (SSSR count). The number of alkyl halides is 3. The molecule has 0 bridgehead atoms. The molecule has 0 fully saturated rings. The van der Waals surface area contributed by atoms with Gasteiger partial charge >= 0.3 is 12.0 Å². The van der Waals surface area contributed by atoms with Crippen molar-refractivity contribution in [2.24, 2.45) is 5.73 Å². The zero-order valence-corrected chi connectivity index (χ0v) is 23.0. The number of aromatic nitrogens is 7. The van der Waals surface area contributed by atoms with Crippen molar-refractivity contribution in [3.05, 3.63) is 98.9 Å². The van der Waals surface area contributed by atoms with Crippen LogP contribution in [-0.2, 0) is 12.7 Å². The number of benzene rings is 2. The van der Waals surface area contributed by atoms with Gasteiger partial charge in [-0.15, -0.1) is 0 Å². The fourth-order valence-corrected chi connectivity index (χ4v) is 4.64. The fourth-order valence-electron chi connectivity index (χ4n) is 4.16. The highest BCUT2D eigenvalue weighted by atomic mass is 35.5. The third kappa shape index (κ3) is 5.80. The van der Waals surface area contributed by atoms with Crippen LogP contribution in [0.4, 0.5) is 18.9 Å². The summed E-state index contributed by atoms with van der Waals surface area (Å²) in [6.07, 6.45) is -3.02. The molecule has 2 amide bonds. The number of aromatic amines is 1. The summed E-state index contributed by atoms with van der Waals surface area (Å²) >= 11 is 12.4. The van der Waals surface area contributed by atoms with E-state index in [1.807, 2.05) is 0 Å². The van der Waals surface area contributed by atoms with E-state index in [9.17, 15) is 22.8 Å². The van der Waals surface area contributed by atoms with Gasteiger partial charge in [0.15, 0.2) is 11.0 Å². The monoisotopic (exact) mass is 616 g/mol. The van der Waals surface area contributed by atoms with Gasteiger partial charge in [-0.05, 0) is 67.1 Å². The van der Waals surface area contributed by atoms with Crippen LogP contribution in [0.1, 0.15) is 37.7 Å². The van der Waals surface area contributed by atoms with Crippen LogP contribution in [0.2, 0.25) is 10.0 Å². The topological polar surface area (TPSA) is 148 Å². The van der Waals surface area contributed by atoms with E-state index < -0.39 is 23.6 Å². The number of carbonyl (C=O) groups excluding carboxylic acids is 2. The molecule has 4 N–H and O–H groups in total. The molecule has 0 radical (unpaired) electrons. The van der Waals surface area contributed by atoms with Crippen LogP contribution in [-0.4, -0.2) is 42.1 Å². The number of nitrogens with one attached hydrogen (secondary N) is 2. The van der Waals surface area contributed by atoms with Gasteiger partial charge in [0.25, 0.3) is 11.8 Å². The number of primary amides is 1. The lowest BCUT2D eigenvalue weighted by molar-refractivity contribution is -0.737. The maximum atomic E-state index is 13.6. The maximum absolute atomic E-state index is 13.6. The summed E-state index contributed by atoms with van der Waals surface area (Å²) in [6, 6.07) is 12.0. The molecule has 16 heteroatoms. The van der Waals surface area contributed by atoms with Crippen LogP contribution >= 0.6 is 23.2 Å². The third-order valence-electron chi connectivity index (χ3n) is 6.09. The van der Waals surface area contributed by atoms with Gasteiger partial charge in [0, 0.05) is 11.2 Å². The van der Waals surface area contributed by atoms with Gasteiger partial charge in [0.1, 0.15) is 23.0 Å². The van der Waals surface area contributed by atoms with Gasteiger partial charge in [-0.25, -0.2) is 9.67 Å². The number of halogens is 5. The average Bonchev–Trinajstić information content (AvgIpc) is 3.57. The number of hydrogen-bond acceptors (Lipinski definition) is 6. The summed E-state index contributed by atoms with van der Waals surface area (Å²) in [7, 11) is 0. The quantitative estimate of drug-likeness (QED) is 0.231. The van der Waals surface area contributed by atoms with E-state index in [0.717, 1.165) is 12.1 Å². The van der Waals surface area contributed by atoms with E-state index in [1.54, 1.807) is 25.1 Å². The van der Waals surface area contributed by atoms with Crippen LogP contribution in [0, 0.1) is 6.92 Å². The molecule has 5 aromatic rings. The van der Waals surface area contributed by atoms with Crippen molar-refractivity contribution in [3.8, 4) is 17.2 Å². The predicted octanol–water partition coefficient (Wildman–Crippen LogP) is 4.37. The Morgan fingerprint density at radius 1 is 1.12 bits per heavy atom. The lowest BCUT2D eigenvalue weighted by Gasteiger charge is -2.13. The molecule has 214 valence electrons. The predicted molar refractivity (Wildman–Crippen MR) is 145 cm³/mol. The van der Waals surface area contributed by atoms with Crippen molar-refractivity contribution in [2.45, 2.75) is 19.6 Å². The van der Waals surface area contributed by atoms with E-state index >= 15 is 0 Å². The second-order valence-corrected chi connectivity index (χ2v) is 9.83. The molecule has 0 aliphatic rings. The van der Waals surface area contributed by atoms with Gasteiger partial charge in [0.2, 0.25) is 0 Å². The minimum atomic E-state index is -4.49. The summed E-state index contributed by atoms with van der Waals surface area (Å²) in [5.41, 5.74) is 6.04. The highest BCUT2D eigenvalue weighted by Gasteiger charge is 2.31. The van der Waals surface area contributed by atoms with Gasteiger partial charge < -0.3 is 11.1 Å². The molecule has 0 unspecified atom stereocenters. The number of carbonyl (C=O) groups is 2. The summed E-state index contributed by atoms with van der Waals surface area (Å²) in [5, 5.41) is 18.1. The van der Waals surface area contributed by atoms with E-state index in [1.165, 1.54) is 39.8 Å². The van der Waals surface area contributed by atoms with Crippen molar-refractivity contribution < 1.29 is 27.4 Å². The smallest absolute Gasteiger partial charge is 0.366 e. The highest BCUT2D eigenvalue weighted by molar-refractivity contribution is 6.32. The Labute approximate surface area is 245 Å². The van der Waals surface area contributed by atoms with Gasteiger partial charge in [-0.3, -0.25) is 9.59 Å².